The third kappa shape index (κ3) is 9.56. The number of nitrogen functional groups attached to an aromatic ring is 1. The van der Waals surface area contributed by atoms with Gasteiger partial charge in [-0.15, -0.1) is 0 Å². The van der Waals surface area contributed by atoms with Crippen LogP contribution in [0, 0.1) is 5.41 Å². The molecule has 0 radical (unpaired) electrons. The highest BCUT2D eigenvalue weighted by Gasteiger charge is 2.52. The van der Waals surface area contributed by atoms with Crippen LogP contribution < -0.4 is 11.1 Å². The third-order valence-electron chi connectivity index (χ3n) is 12.5. The van der Waals surface area contributed by atoms with Gasteiger partial charge in [-0.3, -0.25) is 19.3 Å². The lowest BCUT2D eigenvalue weighted by Crippen LogP contribution is -2.64. The number of amides is 4. The zero-order valence-electron chi connectivity index (χ0n) is 34.3. The first kappa shape index (κ1) is 44.8. The number of urea groups is 1. The molecule has 3 fully saturated rings. The number of halogens is 4. The summed E-state index contributed by atoms with van der Waals surface area (Å²) in [6.07, 6.45) is -4.87. The Labute approximate surface area is 352 Å². The molecule has 6 rings (SSSR count). The molecule has 4 aliphatic rings. The van der Waals surface area contributed by atoms with Crippen molar-refractivity contribution in [2.45, 2.75) is 96.0 Å². The van der Waals surface area contributed by atoms with Crippen molar-refractivity contribution in [2.75, 3.05) is 70.1 Å². The maximum Gasteiger partial charge on any atom is 0.418 e. The number of ether oxygens (including phenoxy) is 3. The molecular formula is C42H54ClF3N6O8. The fourth-order valence-corrected chi connectivity index (χ4v) is 9.11. The summed E-state index contributed by atoms with van der Waals surface area (Å²) in [5, 5.41) is 2.61. The molecule has 60 heavy (non-hydrogen) atoms. The van der Waals surface area contributed by atoms with Gasteiger partial charge in [0.1, 0.15) is 5.54 Å². The molecular weight excluding hydrogens is 809 g/mol. The number of benzene rings is 2. The van der Waals surface area contributed by atoms with Crippen molar-refractivity contribution in [3.63, 3.8) is 0 Å². The van der Waals surface area contributed by atoms with Gasteiger partial charge >= 0.3 is 30.2 Å². The molecule has 0 saturated carbocycles. The molecule has 4 heterocycles. The van der Waals surface area contributed by atoms with Crippen molar-refractivity contribution >= 4 is 52.9 Å². The number of carbonyl (C=O) groups is 5. The fourth-order valence-electron chi connectivity index (χ4n) is 8.87. The highest BCUT2D eigenvalue weighted by molar-refractivity contribution is 6.33. The quantitative estimate of drug-likeness (QED) is 0.161. The number of rotatable bonds is 10. The Morgan fingerprint density at radius 3 is 2.17 bits per heavy atom. The third-order valence-corrected chi connectivity index (χ3v) is 12.9. The second-order valence-corrected chi connectivity index (χ2v) is 16.6. The second kappa shape index (κ2) is 18.5. The number of nitrogens with two attached hydrogens (primary N) is 1. The first-order valence-corrected chi connectivity index (χ1v) is 21.0. The first-order valence-electron chi connectivity index (χ1n) is 20.6. The van der Waals surface area contributed by atoms with Gasteiger partial charge in [-0.25, -0.2) is 9.59 Å². The van der Waals surface area contributed by atoms with Crippen LogP contribution in [0.5, 0.6) is 0 Å². The number of likely N-dealkylation sites (tertiary alicyclic amines) is 3. The minimum absolute atomic E-state index is 0.0181. The number of hydrogen-bond acceptors (Lipinski definition) is 10. The smallest absolute Gasteiger partial charge is 0.418 e. The molecule has 0 bridgehead atoms. The molecule has 0 unspecified atom stereocenters. The molecule has 14 nitrogen and oxygen atoms in total. The summed E-state index contributed by atoms with van der Waals surface area (Å²) in [6, 6.07) is 9.23. The number of alkyl halides is 3. The van der Waals surface area contributed by atoms with Crippen LogP contribution in [0.4, 0.5) is 34.1 Å². The van der Waals surface area contributed by atoms with Gasteiger partial charge in [-0.05, 0) is 95.0 Å². The molecule has 3 saturated heterocycles. The second-order valence-electron chi connectivity index (χ2n) is 16.2. The summed E-state index contributed by atoms with van der Waals surface area (Å²) >= 11 is 6.16. The zero-order chi connectivity index (χ0) is 43.4. The van der Waals surface area contributed by atoms with E-state index >= 15 is 0 Å². The lowest BCUT2D eigenvalue weighted by Gasteiger charge is -2.50. The lowest BCUT2D eigenvalue weighted by atomic mass is 9.76. The van der Waals surface area contributed by atoms with Gasteiger partial charge in [0, 0.05) is 64.0 Å². The Kier molecular flexibility index (Phi) is 13.8. The van der Waals surface area contributed by atoms with Gasteiger partial charge in [0.15, 0.2) is 6.10 Å². The molecule has 0 aliphatic carbocycles. The lowest BCUT2D eigenvalue weighted by molar-refractivity contribution is -0.170. The molecule has 1 atom stereocenters. The average molecular weight is 863 g/mol. The van der Waals surface area contributed by atoms with E-state index in [1.165, 1.54) is 15.9 Å². The number of para-hydroxylation sites is 1. The van der Waals surface area contributed by atoms with Crippen LogP contribution in [0.1, 0.15) is 76.0 Å². The largest absolute Gasteiger partial charge is 0.466 e. The molecule has 0 aromatic heterocycles. The van der Waals surface area contributed by atoms with Gasteiger partial charge in [0.2, 0.25) is 0 Å². The highest BCUT2D eigenvalue weighted by Crippen LogP contribution is 2.41. The molecule has 2 aromatic rings. The van der Waals surface area contributed by atoms with E-state index in [0.717, 1.165) is 17.3 Å². The molecule has 18 heteroatoms. The highest BCUT2D eigenvalue weighted by atomic mass is 35.5. The van der Waals surface area contributed by atoms with E-state index in [0.29, 0.717) is 51.7 Å². The monoisotopic (exact) mass is 862 g/mol. The number of hydrogen-bond donors (Lipinski definition) is 2. The molecule has 328 valence electrons. The normalized spacial score (nSPS) is 20.3. The molecule has 4 amide bonds. The van der Waals surface area contributed by atoms with E-state index in [1.807, 2.05) is 36.1 Å². The van der Waals surface area contributed by atoms with Gasteiger partial charge in [-0.2, -0.15) is 13.2 Å². The number of anilines is 2. The summed E-state index contributed by atoms with van der Waals surface area (Å²) in [7, 11) is 0. The Bertz CT molecular complexity index is 1930. The maximum atomic E-state index is 14.4. The van der Waals surface area contributed by atoms with Crippen LogP contribution in [0.2, 0.25) is 5.02 Å². The molecule has 4 aliphatic heterocycles. The summed E-state index contributed by atoms with van der Waals surface area (Å²) in [5.41, 5.74) is 3.81. The van der Waals surface area contributed by atoms with Crippen molar-refractivity contribution in [3.8, 4) is 0 Å². The topological polar surface area (TPSA) is 164 Å². The van der Waals surface area contributed by atoms with Crippen LogP contribution >= 0.6 is 11.6 Å². The molecule has 2 aromatic carbocycles. The van der Waals surface area contributed by atoms with Crippen LogP contribution in [0.25, 0.3) is 0 Å². The summed E-state index contributed by atoms with van der Waals surface area (Å²) < 4.78 is 58.7. The Balaban J connectivity index is 1.17. The Morgan fingerprint density at radius 2 is 1.53 bits per heavy atom. The number of fused-ring (bicyclic) bond motifs is 1. The number of carbonyl (C=O) groups excluding carboxylic acids is 5. The minimum atomic E-state index is -4.84. The SMILES string of the molecule is CCOC(=O)C1(C)CCN(C2(C(=O)OCC)CCN(C(=O)[C@@H](Cc3cc(Cl)c(N)c(C(F)(F)F)c3)OC(=O)N3CCC(N4CCc5ccccc5NC4=O)CC3)CC2)CC1. The predicted octanol–water partition coefficient (Wildman–Crippen LogP) is 6.13. The van der Waals surface area contributed by atoms with E-state index in [9.17, 15) is 37.1 Å². The van der Waals surface area contributed by atoms with Crippen molar-refractivity contribution in [1.82, 2.24) is 19.6 Å². The van der Waals surface area contributed by atoms with Gasteiger partial charge in [-0.1, -0.05) is 29.8 Å². The number of esters is 2. The predicted molar refractivity (Wildman–Crippen MR) is 216 cm³/mol. The van der Waals surface area contributed by atoms with Crippen LogP contribution in [0.3, 0.4) is 0 Å². The first-order chi connectivity index (χ1) is 28.5. The summed E-state index contributed by atoms with van der Waals surface area (Å²) in [4.78, 5) is 74.5. The standard InChI is InChI=1S/C42H54ClF3N6O8/c1-4-58-36(54)40(3)13-22-51(23-14-40)41(37(55)59-5-2)15-20-49(21-16-41)35(53)33(26-27-24-30(42(44,45)46)34(47)31(43)25-27)60-39(57)50-17-11-29(12-18-50)52-19-10-28-8-6-7-9-32(28)48-38(52)56/h6-9,24-25,29,33H,4-5,10-23,26,47H2,1-3H3,(H,48,56)/t33-/m1/s1. The van der Waals surface area contributed by atoms with Crippen molar-refractivity contribution in [1.29, 1.82) is 0 Å². The van der Waals surface area contributed by atoms with E-state index in [1.54, 1.807) is 18.7 Å². The van der Waals surface area contributed by atoms with Gasteiger partial charge < -0.3 is 40.0 Å². The van der Waals surface area contributed by atoms with Gasteiger partial charge in [0.25, 0.3) is 5.91 Å². The number of nitrogens with zero attached hydrogens (tertiary/aromatic N) is 4. The number of piperidine rings is 3. The van der Waals surface area contributed by atoms with Crippen LogP contribution in [-0.4, -0.2) is 126 Å². The number of nitrogens with one attached hydrogen (secondary N) is 1. The van der Waals surface area contributed by atoms with Crippen LogP contribution in [0.15, 0.2) is 36.4 Å². The zero-order valence-corrected chi connectivity index (χ0v) is 35.0. The van der Waals surface area contributed by atoms with Crippen LogP contribution in [-0.2, 0) is 47.6 Å². The van der Waals surface area contributed by atoms with Crippen molar-refractivity contribution in [3.05, 3.63) is 58.1 Å². The van der Waals surface area contributed by atoms with E-state index in [4.69, 9.17) is 31.5 Å². The Morgan fingerprint density at radius 1 is 0.900 bits per heavy atom. The van der Waals surface area contributed by atoms with E-state index < -0.39 is 58.9 Å². The molecule has 3 N–H and O–H groups in total. The molecule has 0 spiro atoms. The summed E-state index contributed by atoms with van der Waals surface area (Å²) in [5.74, 6) is -1.38. The minimum Gasteiger partial charge on any atom is -0.466 e. The van der Waals surface area contributed by atoms with Crippen molar-refractivity contribution in [2.24, 2.45) is 5.41 Å². The Hall–Kier alpha value is -4.77. The average Bonchev–Trinajstić information content (AvgIpc) is 3.39. The van der Waals surface area contributed by atoms with E-state index in [2.05, 4.69) is 5.32 Å². The van der Waals surface area contributed by atoms with Crippen molar-refractivity contribution < 1.29 is 51.4 Å². The van der Waals surface area contributed by atoms with Gasteiger partial charge in [0.05, 0.1) is 34.9 Å². The fraction of sp³-hybridized carbons (Fsp3) is 0.595. The maximum absolute atomic E-state index is 14.4. The van der Waals surface area contributed by atoms with E-state index in [-0.39, 0.29) is 80.9 Å². The summed E-state index contributed by atoms with van der Waals surface area (Å²) in [6.45, 7) is 7.56.